The summed E-state index contributed by atoms with van der Waals surface area (Å²) in [6.45, 7) is 2.97. The van der Waals surface area contributed by atoms with Gasteiger partial charge in [0, 0.05) is 19.3 Å². The topological polar surface area (TPSA) is 49.6 Å². The van der Waals surface area contributed by atoms with Crippen molar-refractivity contribution in [3.8, 4) is 0 Å². The molecular formula is C21H26Cl3N3O. The van der Waals surface area contributed by atoms with Crippen LogP contribution in [-0.2, 0) is 11.2 Å². The Morgan fingerprint density at radius 1 is 1.14 bits per heavy atom. The molecule has 28 heavy (non-hydrogen) atoms. The Hall–Kier alpha value is -1.46. The van der Waals surface area contributed by atoms with Crippen molar-refractivity contribution in [3.05, 3.63) is 63.6 Å². The van der Waals surface area contributed by atoms with Crippen molar-refractivity contribution >= 4 is 47.2 Å². The molecule has 2 aromatic carbocycles. The quantitative estimate of drug-likeness (QED) is 0.652. The van der Waals surface area contributed by atoms with Crippen molar-refractivity contribution in [3.63, 3.8) is 0 Å². The summed E-state index contributed by atoms with van der Waals surface area (Å²) in [6.07, 6.45) is 2.71. The molecule has 0 bridgehead atoms. The molecule has 1 heterocycles. The minimum Gasteiger partial charge on any atom is -0.399 e. The molecule has 0 aliphatic carbocycles. The van der Waals surface area contributed by atoms with Gasteiger partial charge in [-0.2, -0.15) is 0 Å². The monoisotopic (exact) mass is 441 g/mol. The number of rotatable bonds is 6. The molecular weight excluding hydrogens is 417 g/mol. The van der Waals surface area contributed by atoms with Crippen LogP contribution in [0.3, 0.4) is 0 Å². The van der Waals surface area contributed by atoms with Crippen molar-refractivity contribution in [1.29, 1.82) is 0 Å². The number of nitrogens with two attached hydrogens (primary N) is 1. The predicted molar refractivity (Wildman–Crippen MR) is 119 cm³/mol. The van der Waals surface area contributed by atoms with Gasteiger partial charge in [-0.1, -0.05) is 41.4 Å². The molecule has 3 rings (SSSR count). The molecule has 1 aliphatic rings. The van der Waals surface area contributed by atoms with Crippen LogP contribution < -0.4 is 5.73 Å². The van der Waals surface area contributed by atoms with E-state index in [0.717, 1.165) is 30.8 Å². The largest absolute Gasteiger partial charge is 0.399 e. The van der Waals surface area contributed by atoms with Gasteiger partial charge in [0.05, 0.1) is 22.5 Å². The van der Waals surface area contributed by atoms with Crippen LogP contribution in [0.5, 0.6) is 0 Å². The fourth-order valence-electron chi connectivity index (χ4n) is 3.55. The molecule has 1 aliphatic heterocycles. The Morgan fingerprint density at radius 3 is 2.50 bits per heavy atom. The first kappa shape index (κ1) is 22.8. The molecule has 1 atom stereocenters. The van der Waals surface area contributed by atoms with Gasteiger partial charge < -0.3 is 15.5 Å². The smallest absolute Gasteiger partial charge is 0.227 e. The highest BCUT2D eigenvalue weighted by molar-refractivity contribution is 6.42. The summed E-state index contributed by atoms with van der Waals surface area (Å²) in [6, 6.07) is 13.1. The van der Waals surface area contributed by atoms with Crippen LogP contribution in [0.25, 0.3) is 0 Å². The van der Waals surface area contributed by atoms with E-state index >= 15 is 0 Å². The van der Waals surface area contributed by atoms with Gasteiger partial charge in [-0.3, -0.25) is 4.79 Å². The van der Waals surface area contributed by atoms with Crippen LogP contribution in [0, 0.1) is 0 Å². The van der Waals surface area contributed by atoms with E-state index in [-0.39, 0.29) is 30.8 Å². The molecule has 0 aromatic heterocycles. The molecule has 0 radical (unpaired) electrons. The SMILES string of the molecule is CN(C(=O)Cc1ccc(Cl)c(Cl)c1)C(CN1CCCC1)c1cccc(N)c1.Cl. The summed E-state index contributed by atoms with van der Waals surface area (Å²) in [7, 11) is 1.86. The average Bonchev–Trinajstić information content (AvgIpc) is 3.15. The molecule has 0 spiro atoms. The van der Waals surface area contributed by atoms with Crippen molar-refractivity contribution in [2.75, 3.05) is 32.4 Å². The van der Waals surface area contributed by atoms with E-state index in [4.69, 9.17) is 28.9 Å². The summed E-state index contributed by atoms with van der Waals surface area (Å²) in [5.41, 5.74) is 8.62. The van der Waals surface area contributed by atoms with E-state index in [0.29, 0.717) is 15.7 Å². The lowest BCUT2D eigenvalue weighted by molar-refractivity contribution is -0.131. The number of anilines is 1. The van der Waals surface area contributed by atoms with Crippen LogP contribution in [0.1, 0.15) is 30.0 Å². The van der Waals surface area contributed by atoms with Crippen LogP contribution in [0.4, 0.5) is 5.69 Å². The van der Waals surface area contributed by atoms with Crippen molar-refractivity contribution in [1.82, 2.24) is 9.80 Å². The first-order chi connectivity index (χ1) is 12.9. The number of likely N-dealkylation sites (N-methyl/N-ethyl adjacent to an activating group) is 1. The Labute approximate surface area is 183 Å². The highest BCUT2D eigenvalue weighted by Crippen LogP contribution is 2.26. The van der Waals surface area contributed by atoms with E-state index in [9.17, 15) is 4.79 Å². The van der Waals surface area contributed by atoms with Gasteiger partial charge in [-0.15, -0.1) is 12.4 Å². The second-order valence-electron chi connectivity index (χ2n) is 7.12. The average molecular weight is 443 g/mol. The lowest BCUT2D eigenvalue weighted by atomic mass is 10.0. The van der Waals surface area contributed by atoms with Gasteiger partial charge >= 0.3 is 0 Å². The third kappa shape index (κ3) is 5.77. The fourth-order valence-corrected chi connectivity index (χ4v) is 3.87. The molecule has 152 valence electrons. The Morgan fingerprint density at radius 2 is 1.86 bits per heavy atom. The van der Waals surface area contributed by atoms with Crippen LogP contribution >= 0.6 is 35.6 Å². The highest BCUT2D eigenvalue weighted by atomic mass is 35.5. The van der Waals surface area contributed by atoms with Crippen molar-refractivity contribution < 1.29 is 4.79 Å². The number of nitrogen functional groups attached to an aromatic ring is 1. The lowest BCUT2D eigenvalue weighted by Gasteiger charge is -2.32. The Balaban J connectivity index is 0.00000280. The number of hydrogen-bond donors (Lipinski definition) is 1. The van der Waals surface area contributed by atoms with Gasteiger partial charge in [0.15, 0.2) is 0 Å². The summed E-state index contributed by atoms with van der Waals surface area (Å²) in [5.74, 6) is 0.0417. The van der Waals surface area contributed by atoms with Gasteiger partial charge in [0.2, 0.25) is 5.91 Å². The number of likely N-dealkylation sites (tertiary alicyclic amines) is 1. The van der Waals surface area contributed by atoms with Gasteiger partial charge in [0.25, 0.3) is 0 Å². The number of amides is 1. The second-order valence-corrected chi connectivity index (χ2v) is 7.94. The first-order valence-corrected chi connectivity index (χ1v) is 9.97. The number of benzene rings is 2. The van der Waals surface area contributed by atoms with E-state index in [1.54, 1.807) is 12.1 Å². The molecule has 1 saturated heterocycles. The molecule has 1 amide bonds. The molecule has 1 unspecified atom stereocenters. The summed E-state index contributed by atoms with van der Waals surface area (Å²) < 4.78 is 0. The molecule has 7 heteroatoms. The zero-order chi connectivity index (χ0) is 19.4. The fraction of sp³-hybridized carbons (Fsp3) is 0.381. The molecule has 1 fully saturated rings. The standard InChI is InChI=1S/C21H25Cl2N3O.ClH/c1-25(21(27)12-15-7-8-18(22)19(23)11-15)20(14-26-9-2-3-10-26)16-5-4-6-17(24)13-16;/h4-8,11,13,20H,2-3,9-10,12,14,24H2,1H3;1H. The van der Waals surface area contributed by atoms with Crippen molar-refractivity contribution in [2.45, 2.75) is 25.3 Å². The molecule has 4 nitrogen and oxygen atoms in total. The van der Waals surface area contributed by atoms with Crippen LogP contribution in [0.2, 0.25) is 10.0 Å². The van der Waals surface area contributed by atoms with E-state index in [1.165, 1.54) is 12.8 Å². The minimum atomic E-state index is -0.0399. The van der Waals surface area contributed by atoms with E-state index < -0.39 is 0 Å². The summed E-state index contributed by atoms with van der Waals surface area (Å²) >= 11 is 12.1. The zero-order valence-electron chi connectivity index (χ0n) is 15.9. The van der Waals surface area contributed by atoms with Crippen LogP contribution in [-0.4, -0.2) is 42.4 Å². The Kier molecular flexibility index (Phi) is 8.44. The number of halogens is 3. The maximum absolute atomic E-state index is 13.0. The second kappa shape index (κ2) is 10.4. The number of carbonyl (C=O) groups is 1. The highest BCUT2D eigenvalue weighted by Gasteiger charge is 2.26. The van der Waals surface area contributed by atoms with Gasteiger partial charge in [-0.25, -0.2) is 0 Å². The molecule has 0 saturated carbocycles. The maximum atomic E-state index is 13.0. The van der Waals surface area contributed by atoms with E-state index in [1.807, 2.05) is 42.3 Å². The first-order valence-electron chi connectivity index (χ1n) is 9.21. The number of hydrogen-bond acceptors (Lipinski definition) is 3. The maximum Gasteiger partial charge on any atom is 0.227 e. The normalized spacial score (nSPS) is 15.1. The summed E-state index contributed by atoms with van der Waals surface area (Å²) in [4.78, 5) is 17.2. The zero-order valence-corrected chi connectivity index (χ0v) is 18.2. The van der Waals surface area contributed by atoms with E-state index in [2.05, 4.69) is 4.90 Å². The molecule has 2 N–H and O–H groups in total. The minimum absolute atomic E-state index is 0. The van der Waals surface area contributed by atoms with Gasteiger partial charge in [-0.05, 0) is 61.3 Å². The third-order valence-electron chi connectivity index (χ3n) is 5.13. The van der Waals surface area contributed by atoms with Crippen LogP contribution in [0.15, 0.2) is 42.5 Å². The third-order valence-corrected chi connectivity index (χ3v) is 5.86. The van der Waals surface area contributed by atoms with Crippen molar-refractivity contribution in [2.24, 2.45) is 0 Å². The number of carbonyl (C=O) groups excluding carboxylic acids is 1. The van der Waals surface area contributed by atoms with Gasteiger partial charge in [0.1, 0.15) is 0 Å². The number of nitrogens with zero attached hydrogens (tertiary/aromatic N) is 2. The predicted octanol–water partition coefficient (Wildman–Crippen LogP) is 4.84. The lowest BCUT2D eigenvalue weighted by Crippen LogP contribution is -2.39. The molecule has 2 aromatic rings. The summed E-state index contributed by atoms with van der Waals surface area (Å²) in [5, 5.41) is 0.960. The Bertz CT molecular complexity index is 809.